The first-order valence-electron chi connectivity index (χ1n) is 10.2. The summed E-state index contributed by atoms with van der Waals surface area (Å²) in [6.07, 6.45) is 0.853. The molecule has 0 N–H and O–H groups in total. The van der Waals surface area contributed by atoms with E-state index in [1.54, 1.807) is 36.4 Å². The zero-order valence-corrected chi connectivity index (χ0v) is 17.1. The molecule has 3 aromatic carbocycles. The van der Waals surface area contributed by atoms with Crippen LogP contribution in [0.2, 0.25) is 0 Å². The van der Waals surface area contributed by atoms with E-state index in [1.807, 2.05) is 31.2 Å². The summed E-state index contributed by atoms with van der Waals surface area (Å²) in [5.74, 6) is -0.424. The van der Waals surface area contributed by atoms with Gasteiger partial charge in [0, 0.05) is 17.8 Å². The third-order valence-electron chi connectivity index (χ3n) is 5.82. The van der Waals surface area contributed by atoms with Crippen LogP contribution in [0.4, 0.5) is 11.4 Å². The minimum atomic E-state index is -0.758. The van der Waals surface area contributed by atoms with E-state index in [9.17, 15) is 19.7 Å². The summed E-state index contributed by atoms with van der Waals surface area (Å²) in [6.45, 7) is 2.04. The molecule has 4 aromatic rings. The SMILES string of the molecule is CCc1ccc(N2C(=O)c3oc4ccccc4c(=O)c3C2c2ccc([N+](=O)[O-])cc2)cc1. The summed E-state index contributed by atoms with van der Waals surface area (Å²) in [6, 6.07) is 19.5. The maximum absolute atomic E-state index is 13.5. The maximum Gasteiger partial charge on any atom is 0.295 e. The highest BCUT2D eigenvalue weighted by Gasteiger charge is 2.43. The predicted molar refractivity (Wildman–Crippen MR) is 120 cm³/mol. The zero-order valence-electron chi connectivity index (χ0n) is 17.1. The number of hydrogen-bond acceptors (Lipinski definition) is 5. The molecule has 1 atom stereocenters. The topological polar surface area (TPSA) is 93.7 Å². The van der Waals surface area contributed by atoms with E-state index in [1.165, 1.54) is 17.0 Å². The number of benzene rings is 3. The Morgan fingerprint density at radius 3 is 2.31 bits per heavy atom. The third-order valence-corrected chi connectivity index (χ3v) is 5.82. The van der Waals surface area contributed by atoms with E-state index in [4.69, 9.17) is 4.42 Å². The summed E-state index contributed by atoms with van der Waals surface area (Å²) in [4.78, 5) is 39.1. The standard InChI is InChI=1S/C25H18N2O5/c1-2-15-7-11-17(12-8-15)26-22(16-9-13-18(14-10-16)27(30)31)21-23(28)19-5-3-4-6-20(19)32-24(21)25(26)29/h3-14,22H,2H2,1H3. The van der Waals surface area contributed by atoms with Crippen molar-refractivity contribution < 1.29 is 14.1 Å². The number of non-ortho nitro benzene ring substituents is 1. The Morgan fingerprint density at radius 1 is 0.969 bits per heavy atom. The van der Waals surface area contributed by atoms with Crippen LogP contribution in [-0.4, -0.2) is 10.8 Å². The number of carbonyl (C=O) groups is 1. The maximum atomic E-state index is 13.5. The zero-order chi connectivity index (χ0) is 22.4. The lowest BCUT2D eigenvalue weighted by Gasteiger charge is -2.25. The Kier molecular flexibility index (Phi) is 4.59. The smallest absolute Gasteiger partial charge is 0.295 e. The monoisotopic (exact) mass is 426 g/mol. The molecule has 7 heteroatoms. The number of anilines is 1. The highest BCUT2D eigenvalue weighted by atomic mass is 16.6. The molecule has 0 fully saturated rings. The molecule has 0 spiro atoms. The molecular formula is C25H18N2O5. The molecule has 0 saturated carbocycles. The first-order valence-corrected chi connectivity index (χ1v) is 10.2. The lowest BCUT2D eigenvalue weighted by atomic mass is 9.98. The van der Waals surface area contributed by atoms with Gasteiger partial charge in [0.05, 0.1) is 21.9 Å². The Balaban J connectivity index is 1.75. The van der Waals surface area contributed by atoms with Gasteiger partial charge in [-0.25, -0.2) is 0 Å². The van der Waals surface area contributed by atoms with Crippen LogP contribution in [0.1, 0.15) is 40.2 Å². The molecule has 158 valence electrons. The van der Waals surface area contributed by atoms with Gasteiger partial charge in [0.15, 0.2) is 5.43 Å². The molecule has 2 heterocycles. The van der Waals surface area contributed by atoms with E-state index in [0.717, 1.165) is 12.0 Å². The number of para-hydroxylation sites is 1. The first-order chi connectivity index (χ1) is 15.5. The van der Waals surface area contributed by atoms with Crippen LogP contribution in [0.15, 0.2) is 82.0 Å². The molecule has 5 rings (SSSR count). The molecule has 1 unspecified atom stereocenters. The van der Waals surface area contributed by atoms with Gasteiger partial charge >= 0.3 is 0 Å². The number of hydrogen-bond donors (Lipinski definition) is 0. The van der Waals surface area contributed by atoms with Crippen molar-refractivity contribution in [2.75, 3.05) is 4.90 Å². The van der Waals surface area contributed by atoms with Crippen LogP contribution in [0, 0.1) is 10.1 Å². The molecule has 32 heavy (non-hydrogen) atoms. The largest absolute Gasteiger partial charge is 0.450 e. The number of carbonyl (C=O) groups excluding carboxylic acids is 1. The normalized spacial score (nSPS) is 15.2. The number of nitro groups is 1. The summed E-state index contributed by atoms with van der Waals surface area (Å²) >= 11 is 0. The number of nitro benzene ring substituents is 1. The molecule has 1 aliphatic rings. The summed E-state index contributed by atoms with van der Waals surface area (Å²) in [5.41, 5.74) is 2.55. The highest BCUT2D eigenvalue weighted by molar-refractivity contribution is 6.10. The van der Waals surface area contributed by atoms with Gasteiger partial charge < -0.3 is 4.42 Å². The quantitative estimate of drug-likeness (QED) is 0.338. The van der Waals surface area contributed by atoms with E-state index < -0.39 is 16.9 Å². The van der Waals surface area contributed by atoms with Crippen molar-refractivity contribution in [1.82, 2.24) is 0 Å². The molecule has 1 aliphatic heterocycles. The van der Waals surface area contributed by atoms with Gasteiger partial charge in [-0.3, -0.25) is 24.6 Å². The van der Waals surface area contributed by atoms with Crippen molar-refractivity contribution in [2.24, 2.45) is 0 Å². The van der Waals surface area contributed by atoms with Crippen LogP contribution in [-0.2, 0) is 6.42 Å². The summed E-state index contributed by atoms with van der Waals surface area (Å²) in [7, 11) is 0. The Labute approximate surface area is 182 Å². The molecule has 0 bridgehead atoms. The fraction of sp³-hybridized carbons (Fsp3) is 0.120. The minimum Gasteiger partial charge on any atom is -0.450 e. The van der Waals surface area contributed by atoms with Crippen molar-refractivity contribution in [3.63, 3.8) is 0 Å². The molecule has 7 nitrogen and oxygen atoms in total. The lowest BCUT2D eigenvalue weighted by molar-refractivity contribution is -0.384. The number of amides is 1. The number of aryl methyl sites for hydroxylation is 1. The average molecular weight is 426 g/mol. The second kappa shape index (κ2) is 7.46. The summed E-state index contributed by atoms with van der Waals surface area (Å²) in [5, 5.41) is 11.5. The van der Waals surface area contributed by atoms with Gasteiger partial charge in [-0.1, -0.05) is 31.2 Å². The second-order valence-electron chi connectivity index (χ2n) is 7.62. The Bertz CT molecular complexity index is 1420. The third kappa shape index (κ3) is 2.98. The van der Waals surface area contributed by atoms with Crippen LogP contribution < -0.4 is 10.3 Å². The van der Waals surface area contributed by atoms with Crippen molar-refractivity contribution >= 4 is 28.3 Å². The first kappa shape index (κ1) is 19.7. The fourth-order valence-electron chi connectivity index (χ4n) is 4.17. The predicted octanol–water partition coefficient (Wildman–Crippen LogP) is 5.01. The van der Waals surface area contributed by atoms with Crippen LogP contribution >= 0.6 is 0 Å². The number of fused-ring (bicyclic) bond motifs is 2. The molecule has 0 saturated heterocycles. The Morgan fingerprint density at radius 2 is 1.66 bits per heavy atom. The average Bonchev–Trinajstić information content (AvgIpc) is 3.12. The Hall–Kier alpha value is -4.26. The van der Waals surface area contributed by atoms with Crippen LogP contribution in [0.3, 0.4) is 0 Å². The molecular weight excluding hydrogens is 408 g/mol. The van der Waals surface area contributed by atoms with Crippen molar-refractivity contribution in [2.45, 2.75) is 19.4 Å². The van der Waals surface area contributed by atoms with Gasteiger partial charge in [0.2, 0.25) is 5.76 Å². The van der Waals surface area contributed by atoms with E-state index >= 15 is 0 Å². The van der Waals surface area contributed by atoms with Crippen molar-refractivity contribution in [1.29, 1.82) is 0 Å². The number of rotatable bonds is 4. The number of nitrogens with zero attached hydrogens (tertiary/aromatic N) is 2. The summed E-state index contributed by atoms with van der Waals surface area (Å²) < 4.78 is 5.91. The van der Waals surface area contributed by atoms with Gasteiger partial charge in [0.1, 0.15) is 5.58 Å². The van der Waals surface area contributed by atoms with E-state index in [0.29, 0.717) is 22.2 Å². The van der Waals surface area contributed by atoms with Crippen molar-refractivity contribution in [3.8, 4) is 0 Å². The second-order valence-corrected chi connectivity index (χ2v) is 7.62. The van der Waals surface area contributed by atoms with Gasteiger partial charge in [-0.05, 0) is 53.9 Å². The lowest BCUT2D eigenvalue weighted by Crippen LogP contribution is -2.29. The van der Waals surface area contributed by atoms with Crippen LogP contribution in [0.25, 0.3) is 11.0 Å². The van der Waals surface area contributed by atoms with Gasteiger partial charge in [0.25, 0.3) is 11.6 Å². The highest BCUT2D eigenvalue weighted by Crippen LogP contribution is 2.41. The molecule has 0 aliphatic carbocycles. The van der Waals surface area contributed by atoms with E-state index in [-0.39, 0.29) is 22.4 Å². The minimum absolute atomic E-state index is 0.00313. The van der Waals surface area contributed by atoms with Crippen molar-refractivity contribution in [3.05, 3.63) is 116 Å². The van der Waals surface area contributed by atoms with Crippen LogP contribution in [0.5, 0.6) is 0 Å². The fourth-order valence-corrected chi connectivity index (χ4v) is 4.17. The van der Waals surface area contributed by atoms with Gasteiger partial charge in [-0.2, -0.15) is 0 Å². The molecule has 0 radical (unpaired) electrons. The molecule has 1 amide bonds. The van der Waals surface area contributed by atoms with Gasteiger partial charge in [-0.15, -0.1) is 0 Å². The molecule has 1 aromatic heterocycles. The van der Waals surface area contributed by atoms with E-state index in [2.05, 4.69) is 0 Å².